The number of aromatic nitrogens is 2. The van der Waals surface area contributed by atoms with Gasteiger partial charge in [-0.05, 0) is 50.7 Å². The van der Waals surface area contributed by atoms with E-state index in [1.54, 1.807) is 18.3 Å². The lowest BCUT2D eigenvalue weighted by Crippen LogP contribution is -2.33. The van der Waals surface area contributed by atoms with Crippen molar-refractivity contribution in [2.45, 2.75) is 38.5 Å². The van der Waals surface area contributed by atoms with Crippen LogP contribution >= 0.6 is 23.2 Å². The van der Waals surface area contributed by atoms with E-state index in [-0.39, 0.29) is 0 Å². The highest BCUT2D eigenvalue weighted by Crippen LogP contribution is 2.25. The van der Waals surface area contributed by atoms with Gasteiger partial charge in [0, 0.05) is 42.8 Å². The first kappa shape index (κ1) is 20.2. The SMILES string of the molecule is Clc1ccc(/C=N\Nc2cc(N3CCCCC3)nc(N3CCCCC3)n2)c(Cl)c1. The third-order valence-corrected chi connectivity index (χ3v) is 5.93. The lowest BCUT2D eigenvalue weighted by atomic mass is 10.1. The minimum absolute atomic E-state index is 0.564. The van der Waals surface area contributed by atoms with Crippen LogP contribution in [0.4, 0.5) is 17.6 Å². The first-order valence-corrected chi connectivity index (χ1v) is 11.1. The number of hydrogen-bond donors (Lipinski definition) is 1. The van der Waals surface area contributed by atoms with Crippen molar-refractivity contribution in [1.29, 1.82) is 0 Å². The molecule has 1 N–H and O–H groups in total. The smallest absolute Gasteiger partial charge is 0.229 e. The molecule has 4 rings (SSSR count). The Bertz CT molecular complexity index is 824. The second kappa shape index (κ2) is 9.63. The number of piperidine rings is 2. The minimum atomic E-state index is 0.564. The molecule has 0 atom stereocenters. The zero-order chi connectivity index (χ0) is 20.1. The largest absolute Gasteiger partial charge is 0.356 e. The highest BCUT2D eigenvalue weighted by Gasteiger charge is 2.19. The van der Waals surface area contributed by atoms with Crippen molar-refractivity contribution in [3.63, 3.8) is 0 Å². The Hall–Kier alpha value is -2.05. The summed E-state index contributed by atoms with van der Waals surface area (Å²) in [6, 6.07) is 7.33. The third-order valence-electron chi connectivity index (χ3n) is 5.37. The molecule has 2 aromatic rings. The molecular formula is C21H26Cl2N6. The number of nitrogens with one attached hydrogen (secondary N) is 1. The van der Waals surface area contributed by atoms with Crippen molar-refractivity contribution >= 4 is 47.0 Å². The summed E-state index contributed by atoms with van der Waals surface area (Å²) in [5.74, 6) is 2.46. The molecule has 3 heterocycles. The van der Waals surface area contributed by atoms with Crippen LogP contribution in [-0.2, 0) is 0 Å². The quantitative estimate of drug-likeness (QED) is 0.518. The van der Waals surface area contributed by atoms with Crippen LogP contribution in [0.5, 0.6) is 0 Å². The molecule has 0 aliphatic carbocycles. The number of hydrogen-bond acceptors (Lipinski definition) is 6. The normalized spacial score (nSPS) is 17.7. The molecule has 8 heteroatoms. The average molecular weight is 433 g/mol. The lowest BCUT2D eigenvalue weighted by molar-refractivity contribution is 0.561. The van der Waals surface area contributed by atoms with E-state index in [9.17, 15) is 0 Å². The number of rotatable bonds is 5. The Morgan fingerprint density at radius 3 is 2.24 bits per heavy atom. The zero-order valence-corrected chi connectivity index (χ0v) is 18.0. The van der Waals surface area contributed by atoms with E-state index in [4.69, 9.17) is 33.2 Å². The van der Waals surface area contributed by atoms with Gasteiger partial charge in [-0.15, -0.1) is 0 Å². The fourth-order valence-electron chi connectivity index (χ4n) is 3.77. The van der Waals surface area contributed by atoms with Crippen molar-refractivity contribution < 1.29 is 0 Å². The fraction of sp³-hybridized carbons (Fsp3) is 0.476. The maximum absolute atomic E-state index is 6.22. The van der Waals surface area contributed by atoms with Gasteiger partial charge in [0.2, 0.25) is 5.95 Å². The van der Waals surface area contributed by atoms with Gasteiger partial charge in [0.05, 0.1) is 11.2 Å². The van der Waals surface area contributed by atoms with Gasteiger partial charge < -0.3 is 9.80 Å². The molecule has 2 saturated heterocycles. The molecule has 0 unspecified atom stereocenters. The molecule has 29 heavy (non-hydrogen) atoms. The Balaban J connectivity index is 1.56. The Morgan fingerprint density at radius 1 is 0.862 bits per heavy atom. The number of hydrazone groups is 1. The van der Waals surface area contributed by atoms with Crippen LogP contribution in [-0.4, -0.2) is 42.4 Å². The van der Waals surface area contributed by atoms with E-state index in [1.165, 1.54) is 38.5 Å². The summed E-state index contributed by atoms with van der Waals surface area (Å²) in [5, 5.41) is 5.51. The van der Waals surface area contributed by atoms with E-state index in [0.29, 0.717) is 15.9 Å². The summed E-state index contributed by atoms with van der Waals surface area (Å²) in [6.07, 6.45) is 9.04. The van der Waals surface area contributed by atoms with Crippen LogP contribution < -0.4 is 15.2 Å². The summed E-state index contributed by atoms with van der Waals surface area (Å²) >= 11 is 12.2. The van der Waals surface area contributed by atoms with Crippen LogP contribution in [0.2, 0.25) is 10.0 Å². The minimum Gasteiger partial charge on any atom is -0.356 e. The summed E-state index contributed by atoms with van der Waals surface area (Å²) < 4.78 is 0. The Morgan fingerprint density at radius 2 is 1.55 bits per heavy atom. The van der Waals surface area contributed by atoms with Gasteiger partial charge in [-0.1, -0.05) is 29.3 Å². The monoisotopic (exact) mass is 432 g/mol. The molecule has 0 bridgehead atoms. The number of benzene rings is 1. The maximum Gasteiger partial charge on any atom is 0.229 e. The molecule has 6 nitrogen and oxygen atoms in total. The highest BCUT2D eigenvalue weighted by molar-refractivity contribution is 6.36. The van der Waals surface area contributed by atoms with Crippen LogP contribution in [0.15, 0.2) is 29.4 Å². The molecule has 154 valence electrons. The topological polar surface area (TPSA) is 56.7 Å². The molecule has 0 saturated carbocycles. The van der Waals surface area contributed by atoms with Gasteiger partial charge in [0.1, 0.15) is 5.82 Å². The average Bonchev–Trinajstić information content (AvgIpc) is 2.76. The molecule has 2 fully saturated rings. The summed E-state index contributed by atoms with van der Waals surface area (Å²) in [5.41, 5.74) is 3.86. The van der Waals surface area contributed by atoms with E-state index in [0.717, 1.165) is 43.5 Å². The zero-order valence-electron chi connectivity index (χ0n) is 16.4. The Kier molecular flexibility index (Phi) is 6.72. The van der Waals surface area contributed by atoms with E-state index < -0.39 is 0 Å². The van der Waals surface area contributed by atoms with Gasteiger partial charge in [0.25, 0.3) is 0 Å². The number of anilines is 3. The third kappa shape index (κ3) is 5.31. The van der Waals surface area contributed by atoms with E-state index in [2.05, 4.69) is 20.3 Å². The summed E-state index contributed by atoms with van der Waals surface area (Å²) in [4.78, 5) is 14.2. The molecule has 0 amide bonds. The van der Waals surface area contributed by atoms with Crippen LogP contribution in [0, 0.1) is 0 Å². The van der Waals surface area contributed by atoms with E-state index in [1.807, 2.05) is 12.1 Å². The van der Waals surface area contributed by atoms with Gasteiger partial charge in [0.15, 0.2) is 5.82 Å². The van der Waals surface area contributed by atoms with Gasteiger partial charge >= 0.3 is 0 Å². The fourth-order valence-corrected chi connectivity index (χ4v) is 4.23. The van der Waals surface area contributed by atoms with Crippen molar-refractivity contribution in [2.24, 2.45) is 5.10 Å². The van der Waals surface area contributed by atoms with Crippen LogP contribution in [0.25, 0.3) is 0 Å². The lowest BCUT2D eigenvalue weighted by Gasteiger charge is -2.31. The molecule has 0 spiro atoms. The molecule has 1 aromatic heterocycles. The van der Waals surface area contributed by atoms with Crippen LogP contribution in [0.3, 0.4) is 0 Å². The number of nitrogens with zero attached hydrogens (tertiary/aromatic N) is 5. The molecule has 2 aliphatic heterocycles. The van der Waals surface area contributed by atoms with Crippen LogP contribution in [0.1, 0.15) is 44.1 Å². The highest BCUT2D eigenvalue weighted by atomic mass is 35.5. The Labute approximate surface area is 181 Å². The van der Waals surface area contributed by atoms with Crippen molar-refractivity contribution in [3.8, 4) is 0 Å². The standard InChI is InChI=1S/C21H26Cl2N6/c22-17-8-7-16(18(23)13-17)15-24-27-19-14-20(28-9-3-1-4-10-28)26-21(25-19)29-11-5-2-6-12-29/h7-8,13-15H,1-6,9-12H2,(H,25,26,27)/b24-15-. The predicted octanol–water partition coefficient (Wildman–Crippen LogP) is 5.21. The first-order chi connectivity index (χ1) is 14.2. The predicted molar refractivity (Wildman–Crippen MR) is 122 cm³/mol. The van der Waals surface area contributed by atoms with Gasteiger partial charge in [-0.2, -0.15) is 15.1 Å². The second-order valence-electron chi connectivity index (χ2n) is 7.54. The van der Waals surface area contributed by atoms with Gasteiger partial charge in [-0.3, -0.25) is 5.43 Å². The molecular weight excluding hydrogens is 407 g/mol. The van der Waals surface area contributed by atoms with Gasteiger partial charge in [-0.25, -0.2) is 0 Å². The maximum atomic E-state index is 6.22. The van der Waals surface area contributed by atoms with Crippen molar-refractivity contribution in [2.75, 3.05) is 41.4 Å². The molecule has 2 aliphatic rings. The first-order valence-electron chi connectivity index (χ1n) is 10.3. The number of halogens is 2. The van der Waals surface area contributed by atoms with Crippen molar-refractivity contribution in [1.82, 2.24) is 9.97 Å². The summed E-state index contributed by atoms with van der Waals surface area (Å²) in [7, 11) is 0. The summed E-state index contributed by atoms with van der Waals surface area (Å²) in [6.45, 7) is 4.10. The molecule has 1 aromatic carbocycles. The van der Waals surface area contributed by atoms with Crippen molar-refractivity contribution in [3.05, 3.63) is 39.9 Å². The second-order valence-corrected chi connectivity index (χ2v) is 8.39. The molecule has 0 radical (unpaired) electrons. The van der Waals surface area contributed by atoms with E-state index >= 15 is 0 Å².